The molecular formula is C27H39NO. The lowest BCUT2D eigenvalue weighted by Gasteiger charge is -2.20. The van der Waals surface area contributed by atoms with Crippen molar-refractivity contribution >= 4 is 21.8 Å². The van der Waals surface area contributed by atoms with Crippen LogP contribution in [0.3, 0.4) is 0 Å². The van der Waals surface area contributed by atoms with E-state index in [4.69, 9.17) is 4.74 Å². The highest BCUT2D eigenvalue weighted by atomic mass is 16.5. The topological polar surface area (TPSA) is 25.0 Å². The number of aromatic nitrogens is 1. The standard InChI is InChI=1S/C23H31NO.C4H8/c1-4-6-10-18(5-2)15-17(3)16-25-22-14-9-13-21-23(22)19-11-7-8-12-20(19)24-21;1-2-4-3-1/h7-9,11-14,17-18,24H,4-6,10,15-16H2,1-3H3;1-4H2. The van der Waals surface area contributed by atoms with Crippen molar-refractivity contribution in [2.24, 2.45) is 11.8 Å². The van der Waals surface area contributed by atoms with Gasteiger partial charge in [0.05, 0.1) is 12.1 Å². The van der Waals surface area contributed by atoms with Gasteiger partial charge in [-0.05, 0) is 36.5 Å². The lowest BCUT2D eigenvalue weighted by molar-refractivity contribution is 0.227. The van der Waals surface area contributed by atoms with Crippen molar-refractivity contribution in [3.8, 4) is 5.75 Å². The van der Waals surface area contributed by atoms with Crippen molar-refractivity contribution in [1.29, 1.82) is 0 Å². The molecular weight excluding hydrogens is 354 g/mol. The summed E-state index contributed by atoms with van der Waals surface area (Å²) in [5.74, 6) is 2.42. The van der Waals surface area contributed by atoms with Crippen molar-refractivity contribution in [3.05, 3.63) is 42.5 Å². The number of ether oxygens (including phenoxy) is 1. The second-order valence-corrected chi connectivity index (χ2v) is 8.83. The predicted molar refractivity (Wildman–Crippen MR) is 127 cm³/mol. The number of benzene rings is 2. The van der Waals surface area contributed by atoms with Crippen LogP contribution in [-0.4, -0.2) is 11.6 Å². The Balaban J connectivity index is 0.000000536. The summed E-state index contributed by atoms with van der Waals surface area (Å²) >= 11 is 0. The highest BCUT2D eigenvalue weighted by molar-refractivity contribution is 6.10. The molecule has 29 heavy (non-hydrogen) atoms. The SMILES string of the molecule is C1CCC1.CCCCC(CC)CC(C)COc1cccc2[nH]c3ccccc3c12. The summed E-state index contributed by atoms with van der Waals surface area (Å²) in [6, 6.07) is 14.8. The number of unbranched alkanes of at least 4 members (excludes halogenated alkanes) is 1. The van der Waals surface area contributed by atoms with Gasteiger partial charge in [-0.25, -0.2) is 0 Å². The van der Waals surface area contributed by atoms with Crippen LogP contribution in [-0.2, 0) is 0 Å². The van der Waals surface area contributed by atoms with Gasteiger partial charge in [-0.3, -0.25) is 0 Å². The molecule has 0 bridgehead atoms. The van der Waals surface area contributed by atoms with Crippen LogP contribution < -0.4 is 4.74 Å². The molecule has 0 aliphatic heterocycles. The zero-order valence-electron chi connectivity index (χ0n) is 18.7. The van der Waals surface area contributed by atoms with E-state index in [9.17, 15) is 0 Å². The van der Waals surface area contributed by atoms with E-state index in [0.717, 1.165) is 23.8 Å². The number of para-hydroxylation sites is 1. The number of H-pyrrole nitrogens is 1. The lowest BCUT2D eigenvalue weighted by atomic mass is 9.90. The molecule has 2 nitrogen and oxygen atoms in total. The maximum Gasteiger partial charge on any atom is 0.129 e. The highest BCUT2D eigenvalue weighted by Gasteiger charge is 2.14. The Hall–Kier alpha value is -1.96. The van der Waals surface area contributed by atoms with E-state index < -0.39 is 0 Å². The van der Waals surface area contributed by atoms with Crippen molar-refractivity contribution in [3.63, 3.8) is 0 Å². The first kappa shape index (κ1) is 21.7. The Kier molecular flexibility index (Phi) is 8.46. The number of rotatable bonds is 9. The maximum atomic E-state index is 6.28. The summed E-state index contributed by atoms with van der Waals surface area (Å²) in [5, 5.41) is 2.46. The monoisotopic (exact) mass is 393 g/mol. The molecule has 1 N–H and O–H groups in total. The summed E-state index contributed by atoms with van der Waals surface area (Å²) in [4.78, 5) is 3.49. The van der Waals surface area contributed by atoms with Gasteiger partial charge in [-0.2, -0.15) is 0 Å². The fourth-order valence-electron chi connectivity index (χ4n) is 4.09. The highest BCUT2D eigenvalue weighted by Crippen LogP contribution is 2.33. The average molecular weight is 394 g/mol. The van der Waals surface area contributed by atoms with Gasteiger partial charge < -0.3 is 9.72 Å². The van der Waals surface area contributed by atoms with Crippen LogP contribution in [0.1, 0.15) is 78.6 Å². The molecule has 4 rings (SSSR count). The van der Waals surface area contributed by atoms with Crippen LogP contribution in [0.15, 0.2) is 42.5 Å². The Bertz CT molecular complexity index is 857. The van der Waals surface area contributed by atoms with Crippen LogP contribution >= 0.6 is 0 Å². The third-order valence-electron chi connectivity index (χ3n) is 6.29. The van der Waals surface area contributed by atoms with Crippen LogP contribution in [0.2, 0.25) is 0 Å². The molecule has 1 saturated carbocycles. The molecule has 2 unspecified atom stereocenters. The molecule has 2 atom stereocenters. The second kappa shape index (κ2) is 11.3. The molecule has 3 aromatic rings. The molecule has 158 valence electrons. The molecule has 1 fully saturated rings. The summed E-state index contributed by atoms with van der Waals surface area (Å²) in [6.45, 7) is 7.72. The van der Waals surface area contributed by atoms with Crippen molar-refractivity contribution in [1.82, 2.24) is 4.98 Å². The van der Waals surface area contributed by atoms with Crippen LogP contribution in [0.4, 0.5) is 0 Å². The van der Waals surface area contributed by atoms with Gasteiger partial charge in [0.1, 0.15) is 5.75 Å². The zero-order valence-corrected chi connectivity index (χ0v) is 18.7. The molecule has 0 saturated heterocycles. The Labute approximate surface area is 177 Å². The van der Waals surface area contributed by atoms with E-state index >= 15 is 0 Å². The van der Waals surface area contributed by atoms with Gasteiger partial charge in [-0.15, -0.1) is 0 Å². The minimum atomic E-state index is 0.585. The zero-order chi connectivity index (χ0) is 20.5. The molecule has 1 aliphatic carbocycles. The van der Waals surface area contributed by atoms with Crippen LogP contribution in [0, 0.1) is 11.8 Å². The van der Waals surface area contributed by atoms with Gasteiger partial charge >= 0.3 is 0 Å². The van der Waals surface area contributed by atoms with Gasteiger partial charge in [-0.1, -0.05) is 96.4 Å². The van der Waals surface area contributed by atoms with Crippen LogP contribution in [0.25, 0.3) is 21.8 Å². The first-order chi connectivity index (χ1) is 14.2. The quantitative estimate of drug-likeness (QED) is 0.387. The van der Waals surface area contributed by atoms with Crippen molar-refractivity contribution in [2.75, 3.05) is 6.61 Å². The van der Waals surface area contributed by atoms with Crippen LogP contribution in [0.5, 0.6) is 5.75 Å². The predicted octanol–water partition coefficient (Wildman–Crippen LogP) is 8.50. The molecule has 1 aromatic heterocycles. The van der Waals surface area contributed by atoms with Crippen molar-refractivity contribution in [2.45, 2.75) is 78.6 Å². The maximum absolute atomic E-state index is 6.28. The Morgan fingerprint density at radius 3 is 2.34 bits per heavy atom. The Morgan fingerprint density at radius 1 is 0.931 bits per heavy atom. The number of hydrogen-bond donors (Lipinski definition) is 1. The van der Waals surface area contributed by atoms with E-state index in [-0.39, 0.29) is 0 Å². The van der Waals surface area contributed by atoms with E-state index in [0.29, 0.717) is 5.92 Å². The fraction of sp³-hybridized carbons (Fsp3) is 0.556. The largest absolute Gasteiger partial charge is 0.493 e. The molecule has 2 aromatic carbocycles. The van der Waals surface area contributed by atoms with Gasteiger partial charge in [0.2, 0.25) is 0 Å². The van der Waals surface area contributed by atoms with E-state index in [2.05, 4.69) is 68.2 Å². The molecule has 0 spiro atoms. The third kappa shape index (κ3) is 6.01. The third-order valence-corrected chi connectivity index (χ3v) is 6.29. The lowest BCUT2D eigenvalue weighted by Crippen LogP contribution is -2.13. The first-order valence-electron chi connectivity index (χ1n) is 11.8. The average Bonchev–Trinajstić information content (AvgIpc) is 3.07. The Morgan fingerprint density at radius 2 is 1.66 bits per heavy atom. The van der Waals surface area contributed by atoms with E-state index in [1.54, 1.807) is 0 Å². The number of nitrogens with one attached hydrogen (secondary N) is 1. The number of fused-ring (bicyclic) bond motifs is 3. The fourth-order valence-corrected chi connectivity index (χ4v) is 4.09. The minimum absolute atomic E-state index is 0.585. The van der Waals surface area contributed by atoms with Gasteiger partial charge in [0.25, 0.3) is 0 Å². The smallest absolute Gasteiger partial charge is 0.129 e. The summed E-state index contributed by atoms with van der Waals surface area (Å²) < 4.78 is 6.28. The van der Waals surface area contributed by atoms with Gasteiger partial charge in [0.15, 0.2) is 0 Å². The van der Waals surface area contributed by atoms with Crippen molar-refractivity contribution < 1.29 is 4.74 Å². The minimum Gasteiger partial charge on any atom is -0.493 e. The van der Waals surface area contributed by atoms with E-state index in [1.807, 2.05) is 0 Å². The summed E-state index contributed by atoms with van der Waals surface area (Å²) in [6.07, 6.45) is 12.5. The van der Waals surface area contributed by atoms with Gasteiger partial charge in [0, 0.05) is 16.3 Å². The van der Waals surface area contributed by atoms with E-state index in [1.165, 1.54) is 74.1 Å². The summed E-state index contributed by atoms with van der Waals surface area (Å²) in [7, 11) is 0. The number of aromatic amines is 1. The second-order valence-electron chi connectivity index (χ2n) is 8.83. The summed E-state index contributed by atoms with van der Waals surface area (Å²) in [5.41, 5.74) is 2.33. The molecule has 0 amide bonds. The first-order valence-corrected chi connectivity index (χ1v) is 11.8. The normalized spacial score (nSPS) is 15.4. The molecule has 1 aliphatic rings. The molecule has 2 heteroatoms. The molecule has 1 heterocycles. The number of hydrogen-bond acceptors (Lipinski definition) is 1. The molecule has 0 radical (unpaired) electrons.